The third-order valence-corrected chi connectivity index (χ3v) is 8.80. The van der Waals surface area contributed by atoms with Crippen LogP contribution < -0.4 is 11.1 Å². The summed E-state index contributed by atoms with van der Waals surface area (Å²) in [4.78, 5) is 18.3. The number of nitrogen functional groups attached to an aromatic ring is 1. The SMILES string of the molecule is N#Cc1c(NC(=O)CCSc2nc(N)c(C#N)c(-c3ccco3)c2C#N)sc2c1CCC(c1ccccc1)C2. The molecular formula is C29H22N6O2S2. The minimum absolute atomic E-state index is 0.00788. The minimum Gasteiger partial charge on any atom is -0.464 e. The second-order valence-electron chi connectivity index (χ2n) is 8.94. The van der Waals surface area contributed by atoms with Crippen molar-refractivity contribution in [3.8, 4) is 29.5 Å². The maximum absolute atomic E-state index is 12.8. The van der Waals surface area contributed by atoms with Gasteiger partial charge in [0, 0.05) is 17.1 Å². The van der Waals surface area contributed by atoms with Crippen LogP contribution in [-0.2, 0) is 17.6 Å². The van der Waals surface area contributed by atoms with Crippen LogP contribution in [0.15, 0.2) is 58.2 Å². The van der Waals surface area contributed by atoms with Crippen LogP contribution >= 0.6 is 23.1 Å². The standard InChI is InChI=1S/C29H22N6O2S2/c30-14-20-19-9-8-18(17-5-2-1-3-6-17)13-24(19)39-29(20)34-25(36)10-12-38-28-22(16-32)26(23-7-4-11-37-23)21(15-31)27(33)35-28/h1-7,11,18H,8-10,12-13H2,(H2,33,35)(H,34,36). The highest BCUT2D eigenvalue weighted by Gasteiger charge is 2.27. The van der Waals surface area contributed by atoms with Gasteiger partial charge in [-0.2, -0.15) is 15.8 Å². The average molecular weight is 551 g/mol. The smallest absolute Gasteiger partial charge is 0.225 e. The van der Waals surface area contributed by atoms with Gasteiger partial charge < -0.3 is 15.5 Å². The molecule has 5 rings (SSSR count). The summed E-state index contributed by atoms with van der Waals surface area (Å²) in [6, 6.07) is 20.1. The van der Waals surface area contributed by atoms with E-state index in [0.717, 1.165) is 29.7 Å². The minimum atomic E-state index is -0.233. The molecule has 1 atom stereocenters. The summed E-state index contributed by atoms with van der Waals surface area (Å²) in [6.07, 6.45) is 4.21. The quantitative estimate of drug-likeness (QED) is 0.266. The number of pyridine rings is 1. The van der Waals surface area contributed by atoms with Gasteiger partial charge in [-0.15, -0.1) is 23.1 Å². The molecule has 1 amide bonds. The molecule has 1 unspecified atom stereocenters. The van der Waals surface area contributed by atoms with E-state index in [2.05, 4.69) is 34.6 Å². The molecular weight excluding hydrogens is 528 g/mol. The Balaban J connectivity index is 1.28. The number of nitriles is 3. The van der Waals surface area contributed by atoms with Gasteiger partial charge in [0.25, 0.3) is 0 Å². The lowest BCUT2D eigenvalue weighted by atomic mass is 9.83. The molecule has 3 N–H and O–H groups in total. The van der Waals surface area contributed by atoms with E-state index in [-0.39, 0.29) is 29.3 Å². The number of nitrogens with one attached hydrogen (secondary N) is 1. The first-order chi connectivity index (χ1) is 19.0. The van der Waals surface area contributed by atoms with Crippen molar-refractivity contribution in [3.63, 3.8) is 0 Å². The first-order valence-corrected chi connectivity index (χ1v) is 14.0. The van der Waals surface area contributed by atoms with E-state index < -0.39 is 0 Å². The lowest BCUT2D eigenvalue weighted by Crippen LogP contribution is -2.13. The zero-order chi connectivity index (χ0) is 27.4. The fraction of sp³-hybridized carbons (Fsp3) is 0.207. The maximum Gasteiger partial charge on any atom is 0.225 e. The van der Waals surface area contributed by atoms with E-state index in [4.69, 9.17) is 10.2 Å². The second-order valence-corrected chi connectivity index (χ2v) is 11.1. The van der Waals surface area contributed by atoms with Crippen molar-refractivity contribution >= 4 is 39.8 Å². The van der Waals surface area contributed by atoms with Crippen LogP contribution in [-0.4, -0.2) is 16.6 Å². The van der Waals surface area contributed by atoms with Crippen molar-refractivity contribution in [2.24, 2.45) is 0 Å². The monoisotopic (exact) mass is 550 g/mol. The molecule has 1 aliphatic rings. The number of anilines is 2. The Morgan fingerprint density at radius 3 is 2.56 bits per heavy atom. The lowest BCUT2D eigenvalue weighted by molar-refractivity contribution is -0.115. The van der Waals surface area contributed by atoms with E-state index in [0.29, 0.717) is 38.6 Å². The largest absolute Gasteiger partial charge is 0.464 e. The van der Waals surface area contributed by atoms with Gasteiger partial charge in [-0.25, -0.2) is 4.98 Å². The third-order valence-electron chi connectivity index (χ3n) is 6.65. The van der Waals surface area contributed by atoms with Crippen LogP contribution in [0.25, 0.3) is 11.3 Å². The van der Waals surface area contributed by atoms with Crippen LogP contribution in [0.3, 0.4) is 0 Å². The molecule has 0 aliphatic heterocycles. The normalized spacial score (nSPS) is 14.0. The van der Waals surface area contributed by atoms with Crippen molar-refractivity contribution in [3.05, 3.63) is 81.4 Å². The van der Waals surface area contributed by atoms with Gasteiger partial charge in [0.15, 0.2) is 0 Å². The van der Waals surface area contributed by atoms with Gasteiger partial charge >= 0.3 is 0 Å². The van der Waals surface area contributed by atoms with Crippen molar-refractivity contribution in [1.29, 1.82) is 15.8 Å². The molecule has 0 spiro atoms. The summed E-state index contributed by atoms with van der Waals surface area (Å²) in [5.74, 6) is 0.822. The number of carbonyl (C=O) groups is 1. The first kappa shape index (κ1) is 26.1. The predicted octanol–water partition coefficient (Wildman–Crippen LogP) is 5.99. The molecule has 192 valence electrons. The number of thiophene rings is 1. The highest BCUT2D eigenvalue weighted by atomic mass is 32.2. The van der Waals surface area contributed by atoms with Crippen molar-refractivity contribution < 1.29 is 9.21 Å². The lowest BCUT2D eigenvalue weighted by Gasteiger charge is -2.22. The molecule has 10 heteroatoms. The molecule has 0 bridgehead atoms. The van der Waals surface area contributed by atoms with Gasteiger partial charge in [0.05, 0.1) is 23.0 Å². The Kier molecular flexibility index (Phi) is 7.65. The number of benzene rings is 1. The summed E-state index contributed by atoms with van der Waals surface area (Å²) in [7, 11) is 0. The third kappa shape index (κ3) is 5.24. The molecule has 0 saturated heterocycles. The predicted molar refractivity (Wildman–Crippen MR) is 150 cm³/mol. The summed E-state index contributed by atoms with van der Waals surface area (Å²) in [5, 5.41) is 33.1. The number of carbonyl (C=O) groups excluding carboxylic acids is 1. The summed E-state index contributed by atoms with van der Waals surface area (Å²) < 4.78 is 5.43. The molecule has 3 heterocycles. The van der Waals surface area contributed by atoms with Gasteiger partial charge in [0.1, 0.15) is 45.4 Å². The first-order valence-electron chi connectivity index (χ1n) is 12.2. The van der Waals surface area contributed by atoms with Gasteiger partial charge in [-0.3, -0.25) is 4.79 Å². The summed E-state index contributed by atoms with van der Waals surface area (Å²) in [5.41, 5.74) is 9.44. The topological polar surface area (TPSA) is 153 Å². The Hall–Kier alpha value is -4.56. The Bertz CT molecular complexity index is 1660. The summed E-state index contributed by atoms with van der Waals surface area (Å²) in [6.45, 7) is 0. The van der Waals surface area contributed by atoms with Crippen LogP contribution in [0.1, 0.15) is 51.5 Å². The fourth-order valence-corrected chi connectivity index (χ4v) is 7.03. The number of aromatic nitrogens is 1. The van der Waals surface area contributed by atoms with E-state index >= 15 is 0 Å². The molecule has 0 fully saturated rings. The Morgan fingerprint density at radius 1 is 1.10 bits per heavy atom. The molecule has 4 aromatic rings. The van der Waals surface area contributed by atoms with Crippen molar-refractivity contribution in [2.45, 2.75) is 36.6 Å². The zero-order valence-corrected chi connectivity index (χ0v) is 22.4. The van der Waals surface area contributed by atoms with E-state index in [9.17, 15) is 20.6 Å². The number of nitrogens with zero attached hydrogens (tertiary/aromatic N) is 4. The van der Waals surface area contributed by atoms with Crippen LogP contribution in [0.5, 0.6) is 0 Å². The highest BCUT2D eigenvalue weighted by Crippen LogP contribution is 2.42. The van der Waals surface area contributed by atoms with Crippen LogP contribution in [0.4, 0.5) is 10.8 Å². The molecule has 3 aromatic heterocycles. The van der Waals surface area contributed by atoms with E-state index in [1.54, 1.807) is 12.1 Å². The number of thioether (sulfide) groups is 1. The zero-order valence-electron chi connectivity index (χ0n) is 20.7. The highest BCUT2D eigenvalue weighted by molar-refractivity contribution is 7.99. The van der Waals surface area contributed by atoms with E-state index in [1.165, 1.54) is 34.9 Å². The van der Waals surface area contributed by atoms with Gasteiger partial charge in [-0.05, 0) is 48.4 Å². The van der Waals surface area contributed by atoms with Crippen LogP contribution in [0.2, 0.25) is 0 Å². The molecule has 1 aliphatic carbocycles. The van der Waals surface area contributed by atoms with Gasteiger partial charge in [-0.1, -0.05) is 30.3 Å². The van der Waals surface area contributed by atoms with Crippen LogP contribution in [0, 0.1) is 34.0 Å². The molecule has 1 aromatic carbocycles. The number of nitrogens with two attached hydrogens (primary N) is 1. The average Bonchev–Trinajstić information content (AvgIpc) is 3.60. The number of hydrogen-bond donors (Lipinski definition) is 2. The number of hydrogen-bond acceptors (Lipinski definition) is 9. The van der Waals surface area contributed by atoms with Crippen molar-refractivity contribution in [1.82, 2.24) is 4.98 Å². The number of furan rings is 1. The number of rotatable bonds is 7. The Morgan fingerprint density at radius 2 is 1.87 bits per heavy atom. The maximum atomic E-state index is 12.8. The van der Waals surface area contributed by atoms with E-state index in [1.807, 2.05) is 24.3 Å². The van der Waals surface area contributed by atoms with Gasteiger partial charge in [0.2, 0.25) is 5.91 Å². The number of fused-ring (bicyclic) bond motifs is 1. The molecule has 0 radical (unpaired) electrons. The number of amides is 1. The fourth-order valence-electron chi connectivity index (χ4n) is 4.80. The molecule has 0 saturated carbocycles. The molecule has 8 nitrogen and oxygen atoms in total. The summed E-state index contributed by atoms with van der Waals surface area (Å²) >= 11 is 2.68. The second kappa shape index (κ2) is 11.4. The molecule has 39 heavy (non-hydrogen) atoms. The van der Waals surface area contributed by atoms with Crippen molar-refractivity contribution in [2.75, 3.05) is 16.8 Å². The Labute approximate surface area is 233 Å².